The highest BCUT2D eigenvalue weighted by Crippen LogP contribution is 2.17. The van der Waals surface area contributed by atoms with Crippen molar-refractivity contribution >= 4 is 39.3 Å². The van der Waals surface area contributed by atoms with E-state index in [1.165, 1.54) is 12.1 Å². The molecule has 0 spiro atoms. The van der Waals surface area contributed by atoms with Gasteiger partial charge in [0.1, 0.15) is 5.82 Å². The van der Waals surface area contributed by atoms with Crippen LogP contribution >= 0.6 is 27.5 Å². The third-order valence-corrected chi connectivity index (χ3v) is 2.78. The third-order valence-electron chi connectivity index (χ3n) is 2.14. The van der Waals surface area contributed by atoms with Crippen LogP contribution in [0, 0.1) is 6.92 Å². The summed E-state index contributed by atoms with van der Waals surface area (Å²) in [6, 6.07) is 4.86. The van der Waals surface area contributed by atoms with Crippen LogP contribution in [0.2, 0.25) is 5.15 Å². The zero-order chi connectivity index (χ0) is 13.1. The van der Waals surface area contributed by atoms with Gasteiger partial charge in [0.15, 0.2) is 10.8 Å². The second kappa shape index (κ2) is 5.41. The molecule has 0 aromatic carbocycles. The lowest BCUT2D eigenvalue weighted by atomic mass is 10.3. The fourth-order valence-electron chi connectivity index (χ4n) is 1.28. The van der Waals surface area contributed by atoms with E-state index in [1.54, 1.807) is 6.20 Å². The van der Waals surface area contributed by atoms with Crippen molar-refractivity contribution in [3.8, 4) is 0 Å². The quantitative estimate of drug-likeness (QED) is 0.921. The molecule has 0 aliphatic heterocycles. The molecular weight excluding hydrogens is 320 g/mol. The van der Waals surface area contributed by atoms with Crippen molar-refractivity contribution in [1.29, 1.82) is 0 Å². The van der Waals surface area contributed by atoms with Gasteiger partial charge in [-0.1, -0.05) is 11.6 Å². The van der Waals surface area contributed by atoms with Gasteiger partial charge < -0.3 is 5.32 Å². The molecule has 18 heavy (non-hydrogen) atoms. The summed E-state index contributed by atoms with van der Waals surface area (Å²) in [4.78, 5) is 16.0. The van der Waals surface area contributed by atoms with Gasteiger partial charge in [0.25, 0.3) is 5.91 Å². The number of aryl methyl sites for hydroxylation is 1. The van der Waals surface area contributed by atoms with Crippen molar-refractivity contribution in [3.05, 3.63) is 45.3 Å². The average Bonchev–Trinajstić information content (AvgIpc) is 2.33. The maximum atomic E-state index is 11.9. The average molecular weight is 328 g/mol. The van der Waals surface area contributed by atoms with Crippen molar-refractivity contribution in [1.82, 2.24) is 15.2 Å². The lowest BCUT2D eigenvalue weighted by Crippen LogP contribution is -2.15. The number of carbonyl (C=O) groups excluding carboxylic acids is 1. The van der Waals surface area contributed by atoms with Gasteiger partial charge in [0, 0.05) is 10.7 Å². The van der Waals surface area contributed by atoms with Crippen LogP contribution in [0.15, 0.2) is 28.9 Å². The first-order valence-corrected chi connectivity index (χ1v) is 6.16. The standard InChI is InChI=1S/C11H8BrClN4O/c1-6-4-7(12)5-14-10(6)15-11(18)8-2-3-9(13)17-16-8/h2-5H,1H3,(H,14,15,18). The normalized spacial score (nSPS) is 10.2. The number of nitrogens with zero attached hydrogens (tertiary/aromatic N) is 3. The Labute approximate surface area is 117 Å². The van der Waals surface area contributed by atoms with E-state index in [0.717, 1.165) is 10.0 Å². The molecule has 0 bridgehead atoms. The molecule has 1 amide bonds. The Hall–Kier alpha value is -1.53. The Morgan fingerprint density at radius 1 is 1.39 bits per heavy atom. The number of pyridine rings is 1. The van der Waals surface area contributed by atoms with Crippen LogP contribution in [0.3, 0.4) is 0 Å². The minimum atomic E-state index is -0.378. The summed E-state index contributed by atoms with van der Waals surface area (Å²) >= 11 is 8.90. The van der Waals surface area contributed by atoms with Crippen LogP contribution in [-0.2, 0) is 0 Å². The molecule has 0 aliphatic carbocycles. The number of halogens is 2. The predicted octanol–water partition coefficient (Wildman–Crippen LogP) is 2.85. The van der Waals surface area contributed by atoms with Gasteiger partial charge in [-0.15, -0.1) is 10.2 Å². The van der Waals surface area contributed by atoms with Crippen LogP contribution in [0.4, 0.5) is 5.82 Å². The highest BCUT2D eigenvalue weighted by Gasteiger charge is 2.10. The van der Waals surface area contributed by atoms with E-state index >= 15 is 0 Å². The molecule has 0 saturated carbocycles. The monoisotopic (exact) mass is 326 g/mol. The molecule has 92 valence electrons. The smallest absolute Gasteiger partial charge is 0.277 e. The summed E-state index contributed by atoms with van der Waals surface area (Å²) < 4.78 is 0.851. The van der Waals surface area contributed by atoms with Gasteiger partial charge in [-0.25, -0.2) is 4.98 Å². The van der Waals surface area contributed by atoms with Crippen molar-refractivity contribution < 1.29 is 4.79 Å². The van der Waals surface area contributed by atoms with E-state index in [4.69, 9.17) is 11.6 Å². The lowest BCUT2D eigenvalue weighted by molar-refractivity contribution is 0.102. The summed E-state index contributed by atoms with van der Waals surface area (Å²) in [5.74, 6) is 0.108. The topological polar surface area (TPSA) is 67.8 Å². The molecule has 0 atom stereocenters. The number of aromatic nitrogens is 3. The van der Waals surface area contributed by atoms with E-state index in [1.807, 2.05) is 13.0 Å². The Morgan fingerprint density at radius 3 is 2.78 bits per heavy atom. The molecule has 2 aromatic heterocycles. The van der Waals surface area contributed by atoms with Crippen LogP contribution in [0.25, 0.3) is 0 Å². The van der Waals surface area contributed by atoms with E-state index in [0.29, 0.717) is 5.82 Å². The van der Waals surface area contributed by atoms with E-state index < -0.39 is 0 Å². The Morgan fingerprint density at radius 2 is 2.17 bits per heavy atom. The molecule has 0 saturated heterocycles. The predicted molar refractivity (Wildman–Crippen MR) is 71.7 cm³/mol. The van der Waals surface area contributed by atoms with E-state index in [-0.39, 0.29) is 16.8 Å². The minimum Gasteiger partial charge on any atom is -0.305 e. The Balaban J connectivity index is 2.18. The first-order valence-electron chi connectivity index (χ1n) is 4.99. The Bertz CT molecular complexity index is 588. The molecule has 5 nitrogen and oxygen atoms in total. The Kier molecular flexibility index (Phi) is 3.88. The molecule has 0 fully saturated rings. The van der Waals surface area contributed by atoms with Gasteiger partial charge in [-0.3, -0.25) is 4.79 Å². The number of nitrogens with one attached hydrogen (secondary N) is 1. The van der Waals surface area contributed by atoms with Crippen LogP contribution in [-0.4, -0.2) is 21.1 Å². The van der Waals surface area contributed by atoms with Crippen LogP contribution in [0.5, 0.6) is 0 Å². The van der Waals surface area contributed by atoms with Gasteiger partial charge in [0.05, 0.1) is 0 Å². The molecule has 7 heteroatoms. The summed E-state index contributed by atoms with van der Waals surface area (Å²) in [7, 11) is 0. The van der Waals surface area contributed by atoms with Gasteiger partial charge in [0.2, 0.25) is 0 Å². The number of anilines is 1. The minimum absolute atomic E-state index is 0.184. The largest absolute Gasteiger partial charge is 0.305 e. The second-order valence-corrected chi connectivity index (χ2v) is 4.82. The van der Waals surface area contributed by atoms with Crippen molar-refractivity contribution in [2.24, 2.45) is 0 Å². The van der Waals surface area contributed by atoms with Crippen LogP contribution < -0.4 is 5.32 Å². The van der Waals surface area contributed by atoms with Crippen molar-refractivity contribution in [2.45, 2.75) is 6.92 Å². The zero-order valence-electron chi connectivity index (χ0n) is 9.32. The van der Waals surface area contributed by atoms with Gasteiger partial charge in [-0.2, -0.15) is 0 Å². The maximum absolute atomic E-state index is 11.9. The first-order chi connectivity index (χ1) is 8.56. The first kappa shape index (κ1) is 12.9. The van der Waals surface area contributed by atoms with Crippen LogP contribution in [0.1, 0.15) is 16.1 Å². The summed E-state index contributed by atoms with van der Waals surface area (Å²) in [6.07, 6.45) is 1.61. The lowest BCUT2D eigenvalue weighted by Gasteiger charge is -2.06. The van der Waals surface area contributed by atoms with Gasteiger partial charge in [-0.05, 0) is 46.6 Å². The number of carbonyl (C=O) groups is 1. The summed E-state index contributed by atoms with van der Waals surface area (Å²) in [6.45, 7) is 1.85. The maximum Gasteiger partial charge on any atom is 0.277 e. The van der Waals surface area contributed by atoms with Gasteiger partial charge >= 0.3 is 0 Å². The SMILES string of the molecule is Cc1cc(Br)cnc1NC(=O)c1ccc(Cl)nn1. The molecule has 0 unspecified atom stereocenters. The highest BCUT2D eigenvalue weighted by molar-refractivity contribution is 9.10. The van der Waals surface area contributed by atoms with E-state index in [2.05, 4.69) is 36.4 Å². The second-order valence-electron chi connectivity index (χ2n) is 3.51. The molecule has 2 heterocycles. The fraction of sp³-hybridized carbons (Fsp3) is 0.0909. The number of hydrogen-bond acceptors (Lipinski definition) is 4. The third kappa shape index (κ3) is 3.02. The number of rotatable bonds is 2. The molecule has 2 aromatic rings. The highest BCUT2D eigenvalue weighted by atomic mass is 79.9. The summed E-state index contributed by atoms with van der Waals surface area (Å²) in [5.41, 5.74) is 1.03. The molecule has 1 N–H and O–H groups in total. The van der Waals surface area contributed by atoms with Crippen molar-refractivity contribution in [2.75, 3.05) is 5.32 Å². The number of hydrogen-bond donors (Lipinski definition) is 1. The molecular formula is C11H8BrClN4O. The fourth-order valence-corrected chi connectivity index (χ4v) is 1.83. The molecule has 2 rings (SSSR count). The van der Waals surface area contributed by atoms with E-state index in [9.17, 15) is 4.79 Å². The zero-order valence-corrected chi connectivity index (χ0v) is 11.7. The number of amides is 1. The summed E-state index contributed by atoms with van der Waals surface area (Å²) in [5, 5.41) is 10.2. The molecule has 0 aliphatic rings. The molecule has 0 radical (unpaired) electrons. The van der Waals surface area contributed by atoms with Crippen molar-refractivity contribution in [3.63, 3.8) is 0 Å².